The number of pyridine rings is 1. The maximum Gasteiger partial charge on any atom is 0.294 e. The van der Waals surface area contributed by atoms with Crippen molar-refractivity contribution in [1.29, 1.82) is 0 Å². The average molecular weight is 433 g/mol. The topological polar surface area (TPSA) is 76.9 Å². The number of hydrogen-bond acceptors (Lipinski definition) is 4. The van der Waals surface area contributed by atoms with Gasteiger partial charge in [0.2, 0.25) is 5.91 Å². The summed E-state index contributed by atoms with van der Waals surface area (Å²) in [5.41, 5.74) is 4.11. The molecule has 2 aromatic carbocycles. The second-order valence-corrected chi connectivity index (χ2v) is 8.33. The summed E-state index contributed by atoms with van der Waals surface area (Å²) in [5.74, 6) is -0.307. The minimum absolute atomic E-state index is 0.190. The number of hydrogen-bond donors (Lipinski definition) is 1. The van der Waals surface area contributed by atoms with Gasteiger partial charge in [0.25, 0.3) is 5.56 Å². The fraction of sp³-hybridized carbons (Fsp3) is 0.167. The van der Waals surface area contributed by atoms with Crippen molar-refractivity contribution in [3.63, 3.8) is 0 Å². The van der Waals surface area contributed by atoms with Gasteiger partial charge in [0.1, 0.15) is 10.8 Å². The highest BCUT2D eigenvalue weighted by Gasteiger charge is 2.25. The highest BCUT2D eigenvalue weighted by atomic mass is 35.5. The van der Waals surface area contributed by atoms with E-state index in [4.69, 9.17) is 11.6 Å². The van der Waals surface area contributed by atoms with E-state index in [1.165, 1.54) is 0 Å². The maximum atomic E-state index is 13.0. The molecule has 0 saturated heterocycles. The monoisotopic (exact) mass is 432 g/mol. The zero-order valence-corrected chi connectivity index (χ0v) is 17.9. The molecule has 0 unspecified atom stereocenters. The molecule has 0 saturated carbocycles. The molecule has 0 aliphatic rings. The lowest BCUT2D eigenvalue weighted by Gasteiger charge is -2.24. The van der Waals surface area contributed by atoms with E-state index < -0.39 is 11.0 Å². The molecule has 4 rings (SSSR count). The number of carbonyl (C=O) groups excluding carboxylic acids is 1. The number of rotatable bonds is 5. The van der Waals surface area contributed by atoms with Gasteiger partial charge in [-0.1, -0.05) is 74.0 Å². The summed E-state index contributed by atoms with van der Waals surface area (Å²) in [5, 5.41) is 5.91. The average Bonchev–Trinajstić information content (AvgIpc) is 2.77. The lowest BCUT2D eigenvalue weighted by molar-refractivity contribution is -0.118. The van der Waals surface area contributed by atoms with Crippen molar-refractivity contribution in [2.75, 3.05) is 5.43 Å². The number of nitrogens with one attached hydrogen (secondary N) is 1. The number of fused-ring (bicyclic) bond motifs is 1. The standard InChI is InChI=1S/C24H21ClN4O2/c1-24(2,17-8-4-3-5-9-17)14-21(30)27-29-23(31)19-11-7-6-10-18(19)22(28-29)16-12-13-20(25)26-15-16/h3-13,15H,14H2,1-2H3,(H,27,30). The number of halogens is 1. The van der Waals surface area contributed by atoms with Gasteiger partial charge in [-0.3, -0.25) is 9.59 Å². The van der Waals surface area contributed by atoms with Crippen LogP contribution >= 0.6 is 11.6 Å². The van der Waals surface area contributed by atoms with Crippen LogP contribution in [0, 0.1) is 0 Å². The van der Waals surface area contributed by atoms with Crippen molar-refractivity contribution in [2.45, 2.75) is 25.7 Å². The van der Waals surface area contributed by atoms with Crippen molar-refractivity contribution < 1.29 is 4.79 Å². The molecule has 0 fully saturated rings. The Bertz CT molecular complexity index is 1300. The number of aromatic nitrogens is 3. The third kappa shape index (κ3) is 4.34. The van der Waals surface area contributed by atoms with Crippen LogP contribution in [0.15, 0.2) is 77.7 Å². The third-order valence-corrected chi connectivity index (χ3v) is 5.42. The third-order valence-electron chi connectivity index (χ3n) is 5.19. The van der Waals surface area contributed by atoms with Gasteiger partial charge in [0.15, 0.2) is 0 Å². The van der Waals surface area contributed by atoms with E-state index in [1.807, 2.05) is 56.3 Å². The van der Waals surface area contributed by atoms with E-state index in [-0.39, 0.29) is 12.3 Å². The van der Waals surface area contributed by atoms with E-state index in [0.717, 1.165) is 10.4 Å². The Kier molecular flexibility index (Phi) is 5.57. The molecule has 2 heterocycles. The molecule has 0 aliphatic heterocycles. The molecule has 1 amide bonds. The first-order chi connectivity index (χ1) is 14.8. The fourth-order valence-corrected chi connectivity index (χ4v) is 3.66. The Labute approximate surface area is 184 Å². The molecule has 2 aromatic heterocycles. The molecular weight excluding hydrogens is 412 g/mol. The number of amides is 1. The van der Waals surface area contributed by atoms with Gasteiger partial charge in [-0.15, -0.1) is 9.89 Å². The van der Waals surface area contributed by atoms with Crippen LogP contribution in [-0.2, 0) is 10.2 Å². The Morgan fingerprint density at radius 3 is 2.35 bits per heavy atom. The molecule has 6 nitrogen and oxygen atoms in total. The summed E-state index contributed by atoms with van der Waals surface area (Å²) < 4.78 is 0. The Morgan fingerprint density at radius 1 is 1.00 bits per heavy atom. The van der Waals surface area contributed by atoms with Gasteiger partial charge in [0, 0.05) is 23.6 Å². The first kappa shape index (κ1) is 20.8. The summed E-state index contributed by atoms with van der Waals surface area (Å²) in [4.78, 5) is 30.9. The first-order valence-electron chi connectivity index (χ1n) is 9.84. The predicted octanol–water partition coefficient (Wildman–Crippen LogP) is 4.55. The van der Waals surface area contributed by atoms with Gasteiger partial charge < -0.3 is 0 Å². The minimum atomic E-state index is -0.408. The Hall–Kier alpha value is -3.51. The van der Waals surface area contributed by atoms with Crippen molar-refractivity contribution >= 4 is 28.3 Å². The molecule has 0 radical (unpaired) electrons. The maximum absolute atomic E-state index is 13.0. The van der Waals surface area contributed by atoms with Crippen LogP contribution in [-0.4, -0.2) is 20.8 Å². The van der Waals surface area contributed by atoms with Gasteiger partial charge in [-0.2, -0.15) is 0 Å². The molecule has 0 aliphatic carbocycles. The predicted molar refractivity (Wildman–Crippen MR) is 123 cm³/mol. The summed E-state index contributed by atoms with van der Waals surface area (Å²) in [7, 11) is 0. The molecule has 7 heteroatoms. The van der Waals surface area contributed by atoms with Crippen LogP contribution in [0.1, 0.15) is 25.8 Å². The minimum Gasteiger partial charge on any atom is -0.273 e. The molecule has 0 spiro atoms. The van der Waals surface area contributed by atoms with E-state index >= 15 is 0 Å². The summed E-state index contributed by atoms with van der Waals surface area (Å²) in [6, 6.07) is 20.4. The molecule has 4 aromatic rings. The highest BCUT2D eigenvalue weighted by molar-refractivity contribution is 6.29. The quantitative estimate of drug-likeness (QED) is 0.469. The zero-order valence-electron chi connectivity index (χ0n) is 17.2. The van der Waals surface area contributed by atoms with Crippen LogP contribution < -0.4 is 11.0 Å². The molecule has 0 bridgehead atoms. The van der Waals surface area contributed by atoms with Crippen molar-refractivity contribution in [2.24, 2.45) is 0 Å². The van der Waals surface area contributed by atoms with E-state index in [0.29, 0.717) is 27.2 Å². The summed E-state index contributed by atoms with van der Waals surface area (Å²) in [6.45, 7) is 3.98. The fourth-order valence-electron chi connectivity index (χ4n) is 3.54. The Morgan fingerprint density at radius 2 is 1.68 bits per heavy atom. The molecule has 156 valence electrons. The van der Waals surface area contributed by atoms with E-state index in [2.05, 4.69) is 15.5 Å². The largest absolute Gasteiger partial charge is 0.294 e. The lowest BCUT2D eigenvalue weighted by Crippen LogP contribution is -2.38. The summed E-state index contributed by atoms with van der Waals surface area (Å²) in [6.07, 6.45) is 1.78. The second-order valence-electron chi connectivity index (χ2n) is 7.94. The van der Waals surface area contributed by atoms with Crippen molar-refractivity contribution in [3.8, 4) is 11.3 Å². The molecule has 0 atom stereocenters. The van der Waals surface area contributed by atoms with E-state index in [9.17, 15) is 9.59 Å². The van der Waals surface area contributed by atoms with Gasteiger partial charge in [-0.25, -0.2) is 10.4 Å². The zero-order chi connectivity index (χ0) is 22.0. The molecular formula is C24H21ClN4O2. The van der Waals surface area contributed by atoms with Crippen LogP contribution in [0.4, 0.5) is 0 Å². The van der Waals surface area contributed by atoms with Crippen molar-refractivity contribution in [3.05, 3.63) is 94.0 Å². The highest BCUT2D eigenvalue weighted by Crippen LogP contribution is 2.27. The van der Waals surface area contributed by atoms with Crippen LogP contribution in [0.25, 0.3) is 22.0 Å². The number of benzene rings is 2. The van der Waals surface area contributed by atoms with E-state index in [1.54, 1.807) is 30.5 Å². The first-order valence-corrected chi connectivity index (χ1v) is 10.2. The van der Waals surface area contributed by atoms with Crippen LogP contribution in [0.2, 0.25) is 5.15 Å². The SMILES string of the molecule is CC(C)(CC(=O)Nn1nc(-c2ccc(Cl)nc2)c2ccccc2c1=O)c1ccccc1. The number of nitrogens with zero attached hydrogens (tertiary/aromatic N) is 3. The lowest BCUT2D eigenvalue weighted by atomic mass is 9.81. The molecule has 1 N–H and O–H groups in total. The second kappa shape index (κ2) is 8.32. The normalized spacial score (nSPS) is 11.5. The van der Waals surface area contributed by atoms with Crippen LogP contribution in [0.3, 0.4) is 0 Å². The number of carbonyl (C=O) groups is 1. The summed E-state index contributed by atoms with van der Waals surface area (Å²) >= 11 is 5.91. The van der Waals surface area contributed by atoms with Crippen molar-refractivity contribution in [1.82, 2.24) is 14.9 Å². The van der Waals surface area contributed by atoms with Gasteiger partial charge in [-0.05, 0) is 29.2 Å². The Balaban J connectivity index is 1.71. The molecule has 31 heavy (non-hydrogen) atoms. The smallest absolute Gasteiger partial charge is 0.273 e. The van der Waals surface area contributed by atoms with Gasteiger partial charge in [0.05, 0.1) is 5.39 Å². The van der Waals surface area contributed by atoms with Gasteiger partial charge >= 0.3 is 0 Å². The van der Waals surface area contributed by atoms with Crippen LogP contribution in [0.5, 0.6) is 0 Å².